The summed E-state index contributed by atoms with van der Waals surface area (Å²) in [4.78, 5) is 29.6. The van der Waals surface area contributed by atoms with Gasteiger partial charge >= 0.3 is 0 Å². The Morgan fingerprint density at radius 3 is 2.75 bits per heavy atom. The van der Waals surface area contributed by atoms with Crippen molar-refractivity contribution in [1.82, 2.24) is 9.97 Å². The minimum atomic E-state index is -0.237. The van der Waals surface area contributed by atoms with Gasteiger partial charge in [-0.1, -0.05) is 11.8 Å². The second kappa shape index (κ2) is 6.25. The van der Waals surface area contributed by atoms with Gasteiger partial charge in [0.25, 0.3) is 5.56 Å². The van der Waals surface area contributed by atoms with E-state index in [1.165, 1.54) is 18.2 Å². The highest BCUT2D eigenvalue weighted by atomic mass is 32.2. The van der Waals surface area contributed by atoms with Gasteiger partial charge in [-0.2, -0.15) is 0 Å². The van der Waals surface area contributed by atoms with Crippen LogP contribution in [0.4, 0.5) is 5.69 Å². The van der Waals surface area contributed by atoms with Gasteiger partial charge in [-0.05, 0) is 31.2 Å². The van der Waals surface area contributed by atoms with E-state index < -0.39 is 0 Å². The SMILES string of the molecule is Cc1cc(=O)[nH]c(SCC(=O)Nc2ccc(O)cc2)n1. The largest absolute Gasteiger partial charge is 0.508 e. The summed E-state index contributed by atoms with van der Waals surface area (Å²) in [5.41, 5.74) is 0.966. The summed E-state index contributed by atoms with van der Waals surface area (Å²) in [5, 5.41) is 12.2. The fraction of sp³-hybridized carbons (Fsp3) is 0.154. The maximum absolute atomic E-state index is 11.7. The Labute approximate surface area is 119 Å². The summed E-state index contributed by atoms with van der Waals surface area (Å²) in [6.45, 7) is 1.72. The molecule has 104 valence electrons. The maximum Gasteiger partial charge on any atom is 0.251 e. The zero-order valence-corrected chi connectivity index (χ0v) is 11.5. The summed E-state index contributed by atoms with van der Waals surface area (Å²) >= 11 is 1.15. The van der Waals surface area contributed by atoms with Crippen LogP contribution in [-0.2, 0) is 4.79 Å². The van der Waals surface area contributed by atoms with E-state index in [4.69, 9.17) is 5.11 Å². The zero-order valence-electron chi connectivity index (χ0n) is 10.7. The summed E-state index contributed by atoms with van der Waals surface area (Å²) in [5.74, 6) is 0.0524. The molecule has 0 spiro atoms. The van der Waals surface area contributed by atoms with Crippen LogP contribution in [0.5, 0.6) is 5.75 Å². The van der Waals surface area contributed by atoms with Gasteiger partial charge in [0.1, 0.15) is 5.75 Å². The van der Waals surface area contributed by atoms with Crippen LogP contribution in [0.3, 0.4) is 0 Å². The number of carbonyl (C=O) groups is 1. The number of hydrogen-bond acceptors (Lipinski definition) is 5. The number of hydrogen-bond donors (Lipinski definition) is 3. The first-order valence-corrected chi connectivity index (χ1v) is 6.81. The lowest BCUT2D eigenvalue weighted by Crippen LogP contribution is -2.15. The molecule has 6 nitrogen and oxygen atoms in total. The number of thioether (sulfide) groups is 1. The van der Waals surface area contributed by atoms with Crippen LogP contribution in [0, 0.1) is 6.92 Å². The van der Waals surface area contributed by atoms with E-state index in [1.54, 1.807) is 19.1 Å². The molecule has 3 N–H and O–H groups in total. The third kappa shape index (κ3) is 4.13. The molecular formula is C13H13N3O3S. The molecule has 0 bridgehead atoms. The molecule has 0 fully saturated rings. The van der Waals surface area contributed by atoms with Crippen molar-refractivity contribution in [2.45, 2.75) is 12.1 Å². The Morgan fingerprint density at radius 2 is 2.10 bits per heavy atom. The van der Waals surface area contributed by atoms with Gasteiger partial charge < -0.3 is 15.4 Å². The van der Waals surface area contributed by atoms with Crippen molar-refractivity contribution in [2.75, 3.05) is 11.1 Å². The quantitative estimate of drug-likeness (QED) is 0.451. The smallest absolute Gasteiger partial charge is 0.251 e. The summed E-state index contributed by atoms with van der Waals surface area (Å²) in [6, 6.07) is 7.57. The van der Waals surface area contributed by atoms with Crippen molar-refractivity contribution in [3.8, 4) is 5.75 Å². The highest BCUT2D eigenvalue weighted by Crippen LogP contribution is 2.15. The van der Waals surface area contributed by atoms with Crippen molar-refractivity contribution in [1.29, 1.82) is 0 Å². The molecule has 7 heteroatoms. The number of aromatic amines is 1. The second-order valence-electron chi connectivity index (χ2n) is 4.08. The molecule has 0 aliphatic rings. The Bertz CT molecular complexity index is 667. The van der Waals surface area contributed by atoms with Crippen LogP contribution in [0.1, 0.15) is 5.69 Å². The molecule has 0 unspecified atom stereocenters. The molecule has 0 saturated heterocycles. The number of aryl methyl sites for hydroxylation is 1. The highest BCUT2D eigenvalue weighted by molar-refractivity contribution is 7.99. The average Bonchev–Trinajstić information content (AvgIpc) is 2.38. The van der Waals surface area contributed by atoms with E-state index in [0.29, 0.717) is 16.5 Å². The van der Waals surface area contributed by atoms with Gasteiger partial charge in [0.15, 0.2) is 5.16 Å². The van der Waals surface area contributed by atoms with Crippen molar-refractivity contribution in [3.63, 3.8) is 0 Å². The predicted octanol–water partition coefficient (Wildman–Crippen LogP) is 1.51. The van der Waals surface area contributed by atoms with Gasteiger partial charge in [-0.25, -0.2) is 4.98 Å². The molecule has 1 aromatic heterocycles. The normalized spacial score (nSPS) is 10.2. The molecule has 0 aliphatic carbocycles. The van der Waals surface area contributed by atoms with Crippen molar-refractivity contribution >= 4 is 23.4 Å². The molecule has 1 heterocycles. The molecule has 0 saturated carbocycles. The standard InChI is InChI=1S/C13H13N3O3S/c1-8-6-11(18)16-13(14-8)20-7-12(19)15-9-2-4-10(17)5-3-9/h2-6,17H,7H2,1H3,(H,15,19)(H,14,16,18). The summed E-state index contributed by atoms with van der Waals surface area (Å²) in [7, 11) is 0. The first kappa shape index (κ1) is 14.1. The van der Waals surface area contributed by atoms with E-state index >= 15 is 0 Å². The van der Waals surface area contributed by atoms with Crippen molar-refractivity contribution in [3.05, 3.63) is 46.4 Å². The summed E-state index contributed by atoms with van der Waals surface area (Å²) < 4.78 is 0. The highest BCUT2D eigenvalue weighted by Gasteiger charge is 2.06. The minimum Gasteiger partial charge on any atom is -0.508 e. The second-order valence-corrected chi connectivity index (χ2v) is 5.04. The van der Waals surface area contributed by atoms with Gasteiger partial charge in [-0.3, -0.25) is 9.59 Å². The van der Waals surface area contributed by atoms with Crippen LogP contribution in [0.15, 0.2) is 40.3 Å². The molecule has 0 aliphatic heterocycles. The van der Waals surface area contributed by atoms with E-state index in [2.05, 4.69) is 15.3 Å². The number of amides is 1. The van der Waals surface area contributed by atoms with Crippen LogP contribution in [-0.4, -0.2) is 26.7 Å². The maximum atomic E-state index is 11.7. The zero-order chi connectivity index (χ0) is 14.5. The molecule has 0 radical (unpaired) electrons. The lowest BCUT2D eigenvalue weighted by atomic mass is 10.3. The number of carbonyl (C=O) groups excluding carboxylic acids is 1. The number of anilines is 1. The van der Waals surface area contributed by atoms with Crippen LogP contribution >= 0.6 is 11.8 Å². The third-order valence-corrected chi connectivity index (χ3v) is 3.21. The van der Waals surface area contributed by atoms with Crippen molar-refractivity contribution in [2.24, 2.45) is 0 Å². The van der Waals surface area contributed by atoms with E-state index in [1.807, 2.05) is 0 Å². The molecule has 1 aromatic carbocycles. The Kier molecular flexibility index (Phi) is 4.41. The molecule has 1 amide bonds. The number of H-pyrrole nitrogens is 1. The number of aromatic hydroxyl groups is 1. The van der Waals surface area contributed by atoms with Gasteiger partial charge in [-0.15, -0.1) is 0 Å². The lowest BCUT2D eigenvalue weighted by molar-refractivity contribution is -0.113. The number of phenols is 1. The number of phenolic OH excluding ortho intramolecular Hbond substituents is 1. The van der Waals surface area contributed by atoms with E-state index in [9.17, 15) is 9.59 Å². The number of benzene rings is 1. The fourth-order valence-electron chi connectivity index (χ4n) is 1.50. The average molecular weight is 291 g/mol. The molecule has 20 heavy (non-hydrogen) atoms. The van der Waals surface area contributed by atoms with E-state index in [-0.39, 0.29) is 23.0 Å². The third-order valence-electron chi connectivity index (χ3n) is 2.34. The van der Waals surface area contributed by atoms with Crippen LogP contribution in [0.2, 0.25) is 0 Å². The van der Waals surface area contributed by atoms with E-state index in [0.717, 1.165) is 11.8 Å². The first-order valence-electron chi connectivity index (χ1n) is 5.82. The number of nitrogens with zero attached hydrogens (tertiary/aromatic N) is 1. The topological polar surface area (TPSA) is 95.1 Å². The Hall–Kier alpha value is -2.28. The molecule has 0 atom stereocenters. The molecular weight excluding hydrogens is 278 g/mol. The van der Waals surface area contributed by atoms with Gasteiger partial charge in [0, 0.05) is 17.4 Å². The Balaban J connectivity index is 1.92. The number of rotatable bonds is 4. The minimum absolute atomic E-state index is 0.132. The molecule has 2 aromatic rings. The van der Waals surface area contributed by atoms with Gasteiger partial charge in [0.05, 0.1) is 5.75 Å². The Morgan fingerprint density at radius 1 is 1.40 bits per heavy atom. The van der Waals surface area contributed by atoms with Crippen LogP contribution in [0.25, 0.3) is 0 Å². The monoisotopic (exact) mass is 291 g/mol. The van der Waals surface area contributed by atoms with Crippen LogP contribution < -0.4 is 10.9 Å². The predicted molar refractivity (Wildman–Crippen MR) is 77.1 cm³/mol. The van der Waals surface area contributed by atoms with Crippen molar-refractivity contribution < 1.29 is 9.90 Å². The first-order chi connectivity index (χ1) is 9.52. The number of nitrogens with one attached hydrogen (secondary N) is 2. The number of aromatic nitrogens is 2. The summed E-state index contributed by atoms with van der Waals surface area (Å²) in [6.07, 6.45) is 0. The van der Waals surface area contributed by atoms with Gasteiger partial charge in [0.2, 0.25) is 5.91 Å². The molecule has 2 rings (SSSR count). The fourth-order valence-corrected chi connectivity index (χ4v) is 2.22. The lowest BCUT2D eigenvalue weighted by Gasteiger charge is -2.05.